The number of halogens is 1. The number of aromatic amines is 1. The number of H-pyrrole nitrogens is 1. The molecule has 0 unspecified atom stereocenters. The molecule has 3 aromatic heterocycles. The highest BCUT2D eigenvalue weighted by atomic mass is 32.1. The van der Waals surface area contributed by atoms with Crippen molar-refractivity contribution in [1.82, 2.24) is 14.9 Å². The van der Waals surface area contributed by atoms with Gasteiger partial charge < -0.3 is 19.4 Å². The maximum atomic E-state index is 14.5. The summed E-state index contributed by atoms with van der Waals surface area (Å²) in [6, 6.07) is 17.9. The lowest BCUT2D eigenvalue weighted by molar-refractivity contribution is 0.0223. The lowest BCUT2D eigenvalue weighted by Crippen LogP contribution is -2.40. The number of aromatic nitrogens is 2. The van der Waals surface area contributed by atoms with Gasteiger partial charge in [0.15, 0.2) is 0 Å². The van der Waals surface area contributed by atoms with Crippen LogP contribution >= 0.6 is 11.3 Å². The Morgan fingerprint density at radius 3 is 2.71 bits per heavy atom. The second-order valence-corrected chi connectivity index (χ2v) is 12.2. The first-order valence-corrected chi connectivity index (χ1v) is 14.6. The number of rotatable bonds is 5. The molecule has 0 fully saturated rings. The van der Waals surface area contributed by atoms with Crippen molar-refractivity contribution < 1.29 is 18.7 Å². The topological polar surface area (TPSA) is 84.5 Å². The molecule has 0 atom stereocenters. The van der Waals surface area contributed by atoms with E-state index in [2.05, 4.69) is 4.98 Å². The first-order chi connectivity index (χ1) is 20.2. The average Bonchev–Trinajstić information content (AvgIpc) is 3.46. The minimum atomic E-state index is -0.600. The molecular weight excluding hydrogens is 553 g/mol. The van der Waals surface area contributed by atoms with Gasteiger partial charge in [-0.3, -0.25) is 9.78 Å². The number of carbonyl (C=O) groups is 1. The van der Waals surface area contributed by atoms with E-state index in [1.54, 1.807) is 23.2 Å². The van der Waals surface area contributed by atoms with Crippen LogP contribution in [0.1, 0.15) is 37.6 Å². The third-order valence-corrected chi connectivity index (χ3v) is 7.99. The Labute approximate surface area is 246 Å². The lowest BCUT2D eigenvalue weighted by atomic mass is 9.96. The summed E-state index contributed by atoms with van der Waals surface area (Å²) in [5, 5.41) is 2.41. The van der Waals surface area contributed by atoms with Gasteiger partial charge in [0.2, 0.25) is 0 Å². The molecule has 0 saturated carbocycles. The Bertz CT molecular complexity index is 1840. The molecule has 4 heterocycles. The van der Waals surface area contributed by atoms with Gasteiger partial charge in [-0.1, -0.05) is 30.3 Å². The van der Waals surface area contributed by atoms with E-state index >= 15 is 0 Å². The van der Waals surface area contributed by atoms with E-state index < -0.39 is 11.4 Å². The summed E-state index contributed by atoms with van der Waals surface area (Å²) < 4.78 is 27.1. The monoisotopic (exact) mass is 583 g/mol. The van der Waals surface area contributed by atoms with Gasteiger partial charge in [0.25, 0.3) is 5.56 Å². The van der Waals surface area contributed by atoms with Crippen molar-refractivity contribution >= 4 is 27.5 Å². The van der Waals surface area contributed by atoms with Crippen LogP contribution < -0.4 is 10.3 Å². The van der Waals surface area contributed by atoms with E-state index in [1.807, 2.05) is 62.5 Å². The zero-order chi connectivity index (χ0) is 29.4. The van der Waals surface area contributed by atoms with Crippen molar-refractivity contribution in [3.63, 3.8) is 0 Å². The number of thiophene rings is 1. The molecule has 9 heteroatoms. The Morgan fingerprint density at radius 1 is 1.12 bits per heavy atom. The molecule has 0 aliphatic carbocycles. The Balaban J connectivity index is 1.44. The van der Waals surface area contributed by atoms with Crippen molar-refractivity contribution in [2.24, 2.45) is 0 Å². The van der Waals surface area contributed by atoms with E-state index in [9.17, 15) is 14.0 Å². The minimum Gasteiger partial charge on any atom is -0.488 e. The van der Waals surface area contributed by atoms with Gasteiger partial charge in [0.1, 0.15) is 23.8 Å². The maximum Gasteiger partial charge on any atom is 0.410 e. The molecule has 5 aromatic rings. The predicted octanol–water partition coefficient (Wildman–Crippen LogP) is 7.33. The molecule has 0 saturated heterocycles. The van der Waals surface area contributed by atoms with Gasteiger partial charge in [-0.25, -0.2) is 9.18 Å². The third-order valence-electron chi connectivity index (χ3n) is 7.06. The molecule has 1 aliphatic heterocycles. The number of nitrogens with one attached hydrogen (secondary N) is 1. The van der Waals surface area contributed by atoms with Gasteiger partial charge in [-0.15, -0.1) is 11.3 Å². The minimum absolute atomic E-state index is 0.230. The van der Waals surface area contributed by atoms with Crippen molar-refractivity contribution in [3.8, 4) is 28.1 Å². The van der Waals surface area contributed by atoms with Crippen LogP contribution in [-0.4, -0.2) is 33.1 Å². The van der Waals surface area contributed by atoms with E-state index in [-0.39, 0.29) is 18.3 Å². The summed E-state index contributed by atoms with van der Waals surface area (Å²) in [7, 11) is 0. The molecule has 42 heavy (non-hydrogen) atoms. The largest absolute Gasteiger partial charge is 0.488 e. The van der Waals surface area contributed by atoms with Crippen LogP contribution in [0.5, 0.6) is 5.75 Å². The van der Waals surface area contributed by atoms with Crippen LogP contribution in [0.2, 0.25) is 0 Å². The fraction of sp³-hybridized carbons (Fsp3) is 0.242. The van der Waals surface area contributed by atoms with E-state index in [0.29, 0.717) is 47.5 Å². The van der Waals surface area contributed by atoms with Crippen LogP contribution in [0.15, 0.2) is 77.0 Å². The summed E-state index contributed by atoms with van der Waals surface area (Å²) in [6.45, 7) is 6.63. The molecule has 1 amide bonds. The first kappa shape index (κ1) is 27.7. The summed E-state index contributed by atoms with van der Waals surface area (Å²) >= 11 is 1.44. The van der Waals surface area contributed by atoms with Gasteiger partial charge >= 0.3 is 6.09 Å². The van der Waals surface area contributed by atoms with Crippen LogP contribution in [0, 0.1) is 5.82 Å². The quantitative estimate of drug-likeness (QED) is 0.234. The van der Waals surface area contributed by atoms with Crippen LogP contribution in [-0.2, 0) is 24.3 Å². The zero-order valence-electron chi connectivity index (χ0n) is 23.6. The second-order valence-electron chi connectivity index (χ2n) is 11.3. The first-order valence-electron chi connectivity index (χ1n) is 13.7. The number of hydrogen-bond donors (Lipinski definition) is 1. The molecule has 1 N–H and O–H groups in total. The number of benzene rings is 2. The highest BCUT2D eigenvalue weighted by Gasteiger charge is 2.27. The Morgan fingerprint density at radius 2 is 1.93 bits per heavy atom. The molecule has 7 nitrogen and oxygen atoms in total. The summed E-state index contributed by atoms with van der Waals surface area (Å²) in [4.78, 5) is 35.5. The number of hydrogen-bond acceptors (Lipinski definition) is 6. The summed E-state index contributed by atoms with van der Waals surface area (Å²) in [6.07, 6.45) is 1.96. The zero-order valence-corrected chi connectivity index (χ0v) is 24.4. The van der Waals surface area contributed by atoms with E-state index in [0.717, 1.165) is 27.1 Å². The van der Waals surface area contributed by atoms with Gasteiger partial charge in [0.05, 0.1) is 17.6 Å². The lowest BCUT2D eigenvalue weighted by Gasteiger charge is -2.31. The molecule has 2 aromatic carbocycles. The SMILES string of the molecule is CC(C)(C)OC(=O)N1CCc2ncc(-c3[nH]c(=O)c4ccsc4c3-c3ccc(F)cc3OCc3ccccc3)cc2C1. The fourth-order valence-electron chi connectivity index (χ4n) is 5.11. The van der Waals surface area contributed by atoms with Crippen molar-refractivity contribution in [1.29, 1.82) is 0 Å². The maximum absolute atomic E-state index is 14.5. The number of fused-ring (bicyclic) bond motifs is 2. The number of amides is 1. The smallest absolute Gasteiger partial charge is 0.410 e. The van der Waals surface area contributed by atoms with Crippen molar-refractivity contribution in [2.45, 2.75) is 45.9 Å². The molecule has 0 spiro atoms. The summed E-state index contributed by atoms with van der Waals surface area (Å²) in [5.74, 6) is -0.0586. The second kappa shape index (κ2) is 11.1. The number of nitrogens with zero attached hydrogens (tertiary/aromatic N) is 2. The standard InChI is InChI=1S/C33H30FN3O4S/c1-33(2,3)41-32(39)37-13-11-26-22(18-37)15-21(17-35-26)29-28(30-25(12-14-42-30)31(38)36-29)24-10-9-23(34)16-27(24)40-19-20-7-5-4-6-8-20/h4-10,12,14-17H,11,13,18-19H2,1-3H3,(H,36,38). The Kier molecular flexibility index (Phi) is 7.28. The normalized spacial score (nSPS) is 13.2. The summed E-state index contributed by atoms with van der Waals surface area (Å²) in [5.41, 5.74) is 4.50. The van der Waals surface area contributed by atoms with Gasteiger partial charge in [0, 0.05) is 52.3 Å². The Hall–Kier alpha value is -4.50. The highest BCUT2D eigenvalue weighted by molar-refractivity contribution is 7.17. The van der Waals surface area contributed by atoms with Crippen LogP contribution in [0.3, 0.4) is 0 Å². The van der Waals surface area contributed by atoms with Crippen molar-refractivity contribution in [2.75, 3.05) is 6.54 Å². The number of carbonyl (C=O) groups excluding carboxylic acids is 1. The number of pyridine rings is 2. The molecule has 0 radical (unpaired) electrons. The third kappa shape index (κ3) is 5.65. The molecule has 0 bridgehead atoms. The van der Waals surface area contributed by atoms with Crippen LogP contribution in [0.4, 0.5) is 9.18 Å². The molecule has 6 rings (SSSR count). The van der Waals surface area contributed by atoms with Gasteiger partial charge in [-0.05, 0) is 61.5 Å². The van der Waals surface area contributed by atoms with E-state index in [4.69, 9.17) is 14.5 Å². The van der Waals surface area contributed by atoms with Crippen LogP contribution in [0.25, 0.3) is 32.5 Å². The predicted molar refractivity (Wildman–Crippen MR) is 162 cm³/mol. The number of ether oxygens (including phenoxy) is 2. The van der Waals surface area contributed by atoms with E-state index in [1.165, 1.54) is 23.5 Å². The fourth-order valence-corrected chi connectivity index (χ4v) is 6.07. The van der Waals surface area contributed by atoms with Crippen molar-refractivity contribution in [3.05, 3.63) is 105 Å². The molecular formula is C33H30FN3O4S. The molecule has 214 valence electrons. The highest BCUT2D eigenvalue weighted by Crippen LogP contribution is 2.42. The average molecular weight is 584 g/mol. The van der Waals surface area contributed by atoms with Gasteiger partial charge in [-0.2, -0.15) is 0 Å². The molecule has 1 aliphatic rings.